The third-order valence-corrected chi connectivity index (χ3v) is 5.58. The van der Waals surface area contributed by atoms with Crippen molar-refractivity contribution in [3.63, 3.8) is 0 Å². The largest absolute Gasteiger partial charge is 0.480 e. The molecule has 23 heavy (non-hydrogen) atoms. The zero-order valence-electron chi connectivity index (χ0n) is 12.4. The smallest absolute Gasteiger partial charge is 0.322 e. The SMILES string of the molecule is CN([C@H](Cc1cccc(Cl)c1)C(=O)O)S(=O)(=O)c1ccccc1. The number of hydrogen-bond acceptors (Lipinski definition) is 3. The van der Waals surface area contributed by atoms with Gasteiger partial charge in [-0.3, -0.25) is 4.79 Å². The summed E-state index contributed by atoms with van der Waals surface area (Å²) in [5.41, 5.74) is 0.653. The summed E-state index contributed by atoms with van der Waals surface area (Å²) < 4.78 is 26.0. The summed E-state index contributed by atoms with van der Waals surface area (Å²) in [6.45, 7) is 0. The number of nitrogens with zero attached hydrogens (tertiary/aromatic N) is 1. The summed E-state index contributed by atoms with van der Waals surface area (Å²) in [7, 11) is -2.62. The van der Waals surface area contributed by atoms with Crippen LogP contribution in [0.25, 0.3) is 0 Å². The van der Waals surface area contributed by atoms with E-state index in [4.69, 9.17) is 11.6 Å². The van der Waals surface area contributed by atoms with Crippen molar-refractivity contribution in [2.45, 2.75) is 17.4 Å². The first-order valence-electron chi connectivity index (χ1n) is 6.82. The quantitative estimate of drug-likeness (QED) is 0.866. The van der Waals surface area contributed by atoms with Crippen molar-refractivity contribution in [2.75, 3.05) is 7.05 Å². The van der Waals surface area contributed by atoms with Crippen LogP contribution in [-0.4, -0.2) is 36.9 Å². The topological polar surface area (TPSA) is 74.7 Å². The van der Waals surface area contributed by atoms with Crippen LogP contribution in [-0.2, 0) is 21.2 Å². The lowest BCUT2D eigenvalue weighted by Crippen LogP contribution is -2.43. The van der Waals surface area contributed by atoms with E-state index < -0.39 is 22.0 Å². The van der Waals surface area contributed by atoms with Crippen LogP contribution < -0.4 is 0 Å². The number of hydrogen-bond donors (Lipinski definition) is 1. The summed E-state index contributed by atoms with van der Waals surface area (Å²) in [6, 6.07) is 13.2. The van der Waals surface area contributed by atoms with Gasteiger partial charge < -0.3 is 5.11 Å². The first kappa shape index (κ1) is 17.5. The van der Waals surface area contributed by atoms with Gasteiger partial charge in [0, 0.05) is 12.1 Å². The molecule has 0 aromatic heterocycles. The summed E-state index contributed by atoms with van der Waals surface area (Å²) in [4.78, 5) is 11.6. The Labute approximate surface area is 140 Å². The van der Waals surface area contributed by atoms with Crippen LogP contribution >= 0.6 is 11.6 Å². The molecule has 0 unspecified atom stereocenters. The van der Waals surface area contributed by atoms with Crippen molar-refractivity contribution in [1.82, 2.24) is 4.31 Å². The minimum atomic E-state index is -3.89. The number of aliphatic carboxylic acids is 1. The summed E-state index contributed by atoms with van der Waals surface area (Å²) in [6.07, 6.45) is 0.0262. The van der Waals surface area contributed by atoms with Gasteiger partial charge in [0.25, 0.3) is 0 Å². The Hall–Kier alpha value is -1.89. The Kier molecular flexibility index (Phi) is 5.41. The molecule has 0 aliphatic rings. The van der Waals surface area contributed by atoms with E-state index in [1.54, 1.807) is 42.5 Å². The van der Waals surface area contributed by atoms with Gasteiger partial charge in [0.15, 0.2) is 0 Å². The summed E-state index contributed by atoms with van der Waals surface area (Å²) >= 11 is 5.89. The molecule has 0 saturated heterocycles. The molecule has 0 heterocycles. The second-order valence-corrected chi connectivity index (χ2v) is 7.46. The number of halogens is 1. The first-order valence-corrected chi connectivity index (χ1v) is 8.64. The van der Waals surface area contributed by atoms with E-state index in [1.165, 1.54) is 19.2 Å². The van der Waals surface area contributed by atoms with Gasteiger partial charge in [0.1, 0.15) is 6.04 Å². The molecule has 122 valence electrons. The highest BCUT2D eigenvalue weighted by atomic mass is 35.5. The molecule has 0 aliphatic heterocycles. The molecule has 2 aromatic carbocycles. The predicted octanol–water partition coefficient (Wildman–Crippen LogP) is 2.66. The molecule has 0 fully saturated rings. The molecule has 2 aromatic rings. The van der Waals surface area contributed by atoms with E-state index in [9.17, 15) is 18.3 Å². The minimum absolute atomic E-state index is 0.0262. The Bertz CT molecular complexity index is 793. The van der Waals surface area contributed by atoms with Crippen LogP contribution in [0.15, 0.2) is 59.5 Å². The number of benzene rings is 2. The summed E-state index contributed by atoms with van der Waals surface area (Å²) in [5.74, 6) is -1.22. The lowest BCUT2D eigenvalue weighted by atomic mass is 10.1. The van der Waals surface area contributed by atoms with Gasteiger partial charge in [-0.15, -0.1) is 0 Å². The minimum Gasteiger partial charge on any atom is -0.480 e. The molecule has 1 N–H and O–H groups in total. The second kappa shape index (κ2) is 7.12. The van der Waals surface area contributed by atoms with Gasteiger partial charge >= 0.3 is 5.97 Å². The molecule has 1 atom stereocenters. The third-order valence-electron chi connectivity index (χ3n) is 3.46. The van der Waals surface area contributed by atoms with Crippen LogP contribution in [0.2, 0.25) is 5.02 Å². The number of carboxylic acids is 1. The normalized spacial score (nSPS) is 13.0. The molecule has 0 amide bonds. The fourth-order valence-corrected chi connectivity index (χ4v) is 3.73. The Balaban J connectivity index is 2.32. The van der Waals surface area contributed by atoms with Gasteiger partial charge in [-0.2, -0.15) is 4.31 Å². The lowest BCUT2D eigenvalue weighted by Gasteiger charge is -2.24. The lowest BCUT2D eigenvalue weighted by molar-refractivity contribution is -0.141. The first-order chi connectivity index (χ1) is 10.8. The molecule has 0 saturated carbocycles. The Morgan fingerprint density at radius 1 is 1.17 bits per heavy atom. The predicted molar refractivity (Wildman–Crippen MR) is 88.0 cm³/mol. The Morgan fingerprint density at radius 2 is 1.83 bits per heavy atom. The number of carbonyl (C=O) groups is 1. The van der Waals surface area contributed by atoms with Crippen molar-refractivity contribution in [3.05, 3.63) is 65.2 Å². The molecular formula is C16H16ClNO4S. The standard InChI is InChI=1S/C16H16ClNO4S/c1-18(23(21,22)14-8-3-2-4-9-14)15(16(19)20)11-12-6-5-7-13(17)10-12/h2-10,15H,11H2,1H3,(H,19,20)/t15-/m1/s1. The molecule has 0 aliphatic carbocycles. The average molecular weight is 354 g/mol. The van der Waals surface area contributed by atoms with Gasteiger partial charge in [0.05, 0.1) is 4.90 Å². The number of likely N-dealkylation sites (N-methyl/N-ethyl adjacent to an activating group) is 1. The van der Waals surface area contributed by atoms with Gasteiger partial charge in [-0.05, 0) is 36.2 Å². The highest BCUT2D eigenvalue weighted by Crippen LogP contribution is 2.20. The zero-order chi connectivity index (χ0) is 17.0. The zero-order valence-corrected chi connectivity index (χ0v) is 14.0. The maximum Gasteiger partial charge on any atom is 0.322 e. The van der Waals surface area contributed by atoms with Gasteiger partial charge in [0.2, 0.25) is 10.0 Å². The highest BCUT2D eigenvalue weighted by molar-refractivity contribution is 7.89. The molecule has 0 radical (unpaired) electrons. The number of sulfonamides is 1. The van der Waals surface area contributed by atoms with E-state index in [2.05, 4.69) is 0 Å². The highest BCUT2D eigenvalue weighted by Gasteiger charge is 2.32. The van der Waals surface area contributed by atoms with Gasteiger partial charge in [-0.25, -0.2) is 8.42 Å². The average Bonchev–Trinajstić information content (AvgIpc) is 2.52. The molecule has 5 nitrogen and oxygen atoms in total. The maximum absolute atomic E-state index is 12.6. The molecular weight excluding hydrogens is 338 g/mol. The fraction of sp³-hybridized carbons (Fsp3) is 0.188. The van der Waals surface area contributed by atoms with E-state index in [1.807, 2.05) is 0 Å². The van der Waals surface area contributed by atoms with E-state index >= 15 is 0 Å². The van der Waals surface area contributed by atoms with E-state index in [-0.39, 0.29) is 11.3 Å². The van der Waals surface area contributed by atoms with Crippen molar-refractivity contribution in [1.29, 1.82) is 0 Å². The van der Waals surface area contributed by atoms with E-state index in [0.717, 1.165) is 4.31 Å². The van der Waals surface area contributed by atoms with Gasteiger partial charge in [-0.1, -0.05) is 41.9 Å². The van der Waals surface area contributed by atoms with Crippen molar-refractivity contribution < 1.29 is 18.3 Å². The van der Waals surface area contributed by atoms with Crippen molar-refractivity contribution in [2.24, 2.45) is 0 Å². The maximum atomic E-state index is 12.6. The fourth-order valence-electron chi connectivity index (χ4n) is 2.18. The monoisotopic (exact) mass is 353 g/mol. The van der Waals surface area contributed by atoms with Crippen molar-refractivity contribution in [3.8, 4) is 0 Å². The van der Waals surface area contributed by atoms with Crippen LogP contribution in [0.5, 0.6) is 0 Å². The van der Waals surface area contributed by atoms with Crippen LogP contribution in [0.4, 0.5) is 0 Å². The van der Waals surface area contributed by atoms with Crippen LogP contribution in [0.3, 0.4) is 0 Å². The Morgan fingerprint density at radius 3 is 2.39 bits per heavy atom. The molecule has 7 heteroatoms. The van der Waals surface area contributed by atoms with Crippen LogP contribution in [0.1, 0.15) is 5.56 Å². The van der Waals surface area contributed by atoms with Crippen LogP contribution in [0, 0.1) is 0 Å². The summed E-state index contributed by atoms with van der Waals surface area (Å²) in [5, 5.41) is 9.92. The second-order valence-electron chi connectivity index (χ2n) is 5.02. The number of carboxylic acid groups (broad SMARTS) is 1. The molecule has 2 rings (SSSR count). The number of rotatable bonds is 6. The molecule has 0 spiro atoms. The molecule has 0 bridgehead atoms. The third kappa shape index (κ3) is 4.10. The van der Waals surface area contributed by atoms with Crippen molar-refractivity contribution >= 4 is 27.6 Å². The van der Waals surface area contributed by atoms with E-state index in [0.29, 0.717) is 10.6 Å².